The molecule has 3 N–H and O–H groups in total. The van der Waals surface area contributed by atoms with Crippen LogP contribution in [-0.4, -0.2) is 47.3 Å². The molecule has 0 rings (SSSR count). The molecule has 0 radical (unpaired) electrons. The summed E-state index contributed by atoms with van der Waals surface area (Å²) in [6.45, 7) is 8.46. The Balaban J connectivity index is 4.36. The fraction of sp³-hybridized carbons (Fsp3) is 0.800. The Hall–Kier alpha value is -1.63. The summed E-state index contributed by atoms with van der Waals surface area (Å²) in [7, 11) is 0. The summed E-state index contributed by atoms with van der Waals surface area (Å²) in [6.07, 6.45) is -1.12. The van der Waals surface area contributed by atoms with Crippen LogP contribution in [0.1, 0.15) is 47.5 Å². The van der Waals surface area contributed by atoms with Crippen LogP contribution in [-0.2, 0) is 19.1 Å². The smallest absolute Gasteiger partial charge is 0.311 e. The van der Waals surface area contributed by atoms with Gasteiger partial charge in [0.2, 0.25) is 5.91 Å². The quantitative estimate of drug-likeness (QED) is 0.454. The molecular formula is C15H27NO6. The second-order valence-electron chi connectivity index (χ2n) is 7.01. The highest BCUT2D eigenvalue weighted by molar-refractivity contribution is 5.81. The van der Waals surface area contributed by atoms with Gasteiger partial charge in [0.15, 0.2) is 0 Å². The van der Waals surface area contributed by atoms with Crippen LogP contribution in [0.15, 0.2) is 0 Å². The Morgan fingerprint density at radius 2 is 1.68 bits per heavy atom. The Morgan fingerprint density at radius 3 is 2.14 bits per heavy atom. The van der Waals surface area contributed by atoms with Crippen molar-refractivity contribution < 1.29 is 29.3 Å². The van der Waals surface area contributed by atoms with Gasteiger partial charge in [-0.3, -0.25) is 14.4 Å². The molecule has 0 saturated heterocycles. The first-order chi connectivity index (χ1) is 9.88. The Morgan fingerprint density at radius 1 is 1.14 bits per heavy atom. The number of esters is 1. The van der Waals surface area contributed by atoms with Crippen molar-refractivity contribution in [2.75, 3.05) is 13.2 Å². The lowest BCUT2D eigenvalue weighted by Crippen LogP contribution is -2.46. The lowest BCUT2D eigenvalue weighted by molar-refractivity contribution is -0.160. The maximum atomic E-state index is 11.8. The van der Waals surface area contributed by atoms with E-state index in [1.54, 1.807) is 34.6 Å². The maximum absolute atomic E-state index is 11.8. The molecular weight excluding hydrogens is 290 g/mol. The van der Waals surface area contributed by atoms with Gasteiger partial charge in [0.25, 0.3) is 0 Å². The van der Waals surface area contributed by atoms with Gasteiger partial charge in [-0.1, -0.05) is 13.8 Å². The van der Waals surface area contributed by atoms with Crippen LogP contribution < -0.4 is 5.32 Å². The van der Waals surface area contributed by atoms with Gasteiger partial charge in [-0.15, -0.1) is 0 Å². The molecule has 0 aromatic carbocycles. The van der Waals surface area contributed by atoms with E-state index in [9.17, 15) is 19.5 Å². The molecule has 1 amide bonds. The van der Waals surface area contributed by atoms with Crippen molar-refractivity contribution in [3.05, 3.63) is 0 Å². The van der Waals surface area contributed by atoms with Crippen LogP contribution in [0.25, 0.3) is 0 Å². The first kappa shape index (κ1) is 20.4. The van der Waals surface area contributed by atoms with E-state index in [-0.39, 0.29) is 26.0 Å². The zero-order chi connectivity index (χ0) is 17.6. The molecule has 1 unspecified atom stereocenters. The lowest BCUT2D eigenvalue weighted by Gasteiger charge is -2.30. The number of nitrogens with one attached hydrogen (secondary N) is 1. The van der Waals surface area contributed by atoms with E-state index in [2.05, 4.69) is 5.32 Å². The van der Waals surface area contributed by atoms with E-state index in [0.29, 0.717) is 0 Å². The molecule has 7 nitrogen and oxygen atoms in total. The van der Waals surface area contributed by atoms with Gasteiger partial charge in [0.05, 0.1) is 12.0 Å². The summed E-state index contributed by atoms with van der Waals surface area (Å²) in [5.74, 6) is -1.96. The van der Waals surface area contributed by atoms with Gasteiger partial charge >= 0.3 is 11.9 Å². The zero-order valence-electron chi connectivity index (χ0n) is 13.9. The van der Waals surface area contributed by atoms with Crippen molar-refractivity contribution in [2.24, 2.45) is 10.8 Å². The number of carboxylic acids is 1. The van der Waals surface area contributed by atoms with E-state index in [1.807, 2.05) is 0 Å². The molecule has 0 heterocycles. The summed E-state index contributed by atoms with van der Waals surface area (Å²) in [4.78, 5) is 33.9. The number of hydrogen-bond acceptors (Lipinski definition) is 5. The van der Waals surface area contributed by atoms with Crippen molar-refractivity contribution in [3.63, 3.8) is 0 Å². The van der Waals surface area contributed by atoms with Crippen LogP contribution in [0.2, 0.25) is 0 Å². The van der Waals surface area contributed by atoms with Crippen molar-refractivity contribution >= 4 is 17.8 Å². The number of aliphatic hydroxyl groups is 1. The predicted molar refractivity (Wildman–Crippen MR) is 80.1 cm³/mol. The minimum atomic E-state index is -1.36. The van der Waals surface area contributed by atoms with E-state index < -0.39 is 34.8 Å². The fourth-order valence-electron chi connectivity index (χ4n) is 1.45. The molecule has 0 spiro atoms. The zero-order valence-corrected chi connectivity index (χ0v) is 13.9. The van der Waals surface area contributed by atoms with Crippen molar-refractivity contribution in [3.8, 4) is 0 Å². The molecule has 0 aliphatic rings. The van der Waals surface area contributed by atoms with E-state index in [0.717, 1.165) is 0 Å². The highest BCUT2D eigenvalue weighted by Crippen LogP contribution is 2.24. The number of carbonyl (C=O) groups is 3. The normalized spacial score (nSPS) is 13.4. The van der Waals surface area contributed by atoms with Crippen molar-refractivity contribution in [1.29, 1.82) is 0 Å². The Bertz CT molecular complexity index is 411. The maximum Gasteiger partial charge on any atom is 0.311 e. The Labute approximate surface area is 131 Å². The molecule has 0 bridgehead atoms. The number of carboxylic acid groups (broad SMARTS) is 1. The van der Waals surface area contributed by atoms with Gasteiger partial charge in [0.1, 0.15) is 6.10 Å². The highest BCUT2D eigenvalue weighted by atomic mass is 16.5. The van der Waals surface area contributed by atoms with E-state index >= 15 is 0 Å². The molecule has 7 heteroatoms. The third-order valence-electron chi connectivity index (χ3n) is 3.04. The minimum absolute atomic E-state index is 0.0526. The molecule has 128 valence electrons. The standard InChI is InChI=1S/C15H27NO6/c1-14(2,3)13(21)22-9-15(4,5)11(19)12(20)16-8-6-7-10(17)18/h11,19H,6-9H2,1-5H3,(H,16,20)(H,17,18). The lowest BCUT2D eigenvalue weighted by atomic mass is 9.86. The number of aliphatic carboxylic acids is 1. The number of amides is 1. The third kappa shape index (κ3) is 7.40. The number of rotatable bonds is 8. The topological polar surface area (TPSA) is 113 Å². The first-order valence-electron chi connectivity index (χ1n) is 7.22. The number of carbonyl (C=O) groups excluding carboxylic acids is 2. The summed E-state index contributed by atoms with van der Waals surface area (Å²) in [5.41, 5.74) is -1.60. The summed E-state index contributed by atoms with van der Waals surface area (Å²) < 4.78 is 5.14. The average Bonchev–Trinajstić information content (AvgIpc) is 2.38. The summed E-state index contributed by atoms with van der Waals surface area (Å²) >= 11 is 0. The van der Waals surface area contributed by atoms with E-state index in [4.69, 9.17) is 9.84 Å². The number of hydrogen-bond donors (Lipinski definition) is 3. The molecule has 0 fully saturated rings. The average molecular weight is 317 g/mol. The second kappa shape index (κ2) is 8.12. The molecule has 22 heavy (non-hydrogen) atoms. The largest absolute Gasteiger partial charge is 0.481 e. The highest BCUT2D eigenvalue weighted by Gasteiger charge is 2.36. The van der Waals surface area contributed by atoms with Gasteiger partial charge in [0, 0.05) is 18.4 Å². The summed E-state index contributed by atoms with van der Waals surface area (Å²) in [6, 6.07) is 0. The van der Waals surface area contributed by atoms with Gasteiger partial charge in [-0.05, 0) is 27.2 Å². The Kier molecular flexibility index (Phi) is 7.52. The first-order valence-corrected chi connectivity index (χ1v) is 7.22. The van der Waals surface area contributed by atoms with Gasteiger partial charge < -0.3 is 20.3 Å². The molecule has 1 atom stereocenters. The van der Waals surface area contributed by atoms with Crippen molar-refractivity contribution in [1.82, 2.24) is 5.32 Å². The predicted octanol–water partition coefficient (Wildman–Crippen LogP) is 0.944. The van der Waals surface area contributed by atoms with Gasteiger partial charge in [-0.25, -0.2) is 0 Å². The number of aliphatic hydroxyl groups excluding tert-OH is 1. The SMILES string of the molecule is CC(C)(C)C(=O)OCC(C)(C)C(O)C(=O)NCCCC(=O)O. The van der Waals surface area contributed by atoms with E-state index in [1.165, 1.54) is 0 Å². The van der Waals surface area contributed by atoms with Crippen LogP contribution in [0.3, 0.4) is 0 Å². The molecule has 0 aliphatic heterocycles. The molecule has 0 aromatic heterocycles. The van der Waals surface area contributed by atoms with Crippen LogP contribution in [0.4, 0.5) is 0 Å². The third-order valence-corrected chi connectivity index (χ3v) is 3.04. The number of ether oxygens (including phenoxy) is 1. The minimum Gasteiger partial charge on any atom is -0.481 e. The van der Waals surface area contributed by atoms with Crippen LogP contribution in [0, 0.1) is 10.8 Å². The summed E-state index contributed by atoms with van der Waals surface area (Å²) in [5, 5.41) is 21.0. The van der Waals surface area contributed by atoms with Gasteiger partial charge in [-0.2, -0.15) is 0 Å². The molecule has 0 aromatic rings. The van der Waals surface area contributed by atoms with Crippen molar-refractivity contribution in [2.45, 2.75) is 53.6 Å². The second-order valence-corrected chi connectivity index (χ2v) is 7.01. The monoisotopic (exact) mass is 317 g/mol. The fourth-order valence-corrected chi connectivity index (χ4v) is 1.45. The van der Waals surface area contributed by atoms with Crippen LogP contribution in [0.5, 0.6) is 0 Å². The van der Waals surface area contributed by atoms with Crippen LogP contribution >= 0.6 is 0 Å². The molecule has 0 aliphatic carbocycles. The molecule has 0 saturated carbocycles.